The average molecular weight is 424 g/mol. The summed E-state index contributed by atoms with van der Waals surface area (Å²) in [7, 11) is 0. The van der Waals surface area contributed by atoms with Gasteiger partial charge in [-0.15, -0.1) is 0 Å². The number of aromatic carboxylic acids is 1. The van der Waals surface area contributed by atoms with Crippen molar-refractivity contribution in [1.82, 2.24) is 0 Å². The SMILES string of the molecule is O=C(c1ccccc1)c1ccc(O)c(C(=O)O)c1.O=C(c1ccccc1)c1ccccc1. The summed E-state index contributed by atoms with van der Waals surface area (Å²) >= 11 is 0. The second-order valence-electron chi connectivity index (χ2n) is 6.79. The van der Waals surface area contributed by atoms with Crippen LogP contribution in [0.3, 0.4) is 0 Å². The van der Waals surface area contributed by atoms with E-state index in [4.69, 9.17) is 5.11 Å². The smallest absolute Gasteiger partial charge is 0.339 e. The summed E-state index contributed by atoms with van der Waals surface area (Å²) in [4.78, 5) is 34.8. The molecule has 0 amide bonds. The highest BCUT2D eigenvalue weighted by Crippen LogP contribution is 2.20. The first-order chi connectivity index (χ1) is 15.5. The fourth-order valence-corrected chi connectivity index (χ4v) is 2.95. The van der Waals surface area contributed by atoms with Gasteiger partial charge < -0.3 is 10.2 Å². The van der Waals surface area contributed by atoms with Gasteiger partial charge in [0.25, 0.3) is 0 Å². The molecular weight excluding hydrogens is 404 g/mol. The average Bonchev–Trinajstić information content (AvgIpc) is 2.85. The van der Waals surface area contributed by atoms with Gasteiger partial charge in [-0.05, 0) is 18.2 Å². The summed E-state index contributed by atoms with van der Waals surface area (Å²) in [5.41, 5.74) is 1.89. The number of carboxylic acids is 1. The van der Waals surface area contributed by atoms with E-state index in [1.807, 2.05) is 60.7 Å². The lowest BCUT2D eigenvalue weighted by molar-refractivity contribution is 0.0693. The van der Waals surface area contributed by atoms with E-state index in [0.717, 1.165) is 11.1 Å². The zero-order valence-corrected chi connectivity index (χ0v) is 17.0. The summed E-state index contributed by atoms with van der Waals surface area (Å²) < 4.78 is 0. The molecule has 2 N–H and O–H groups in total. The predicted octanol–water partition coefficient (Wildman–Crippen LogP) is 5.24. The number of hydrogen-bond donors (Lipinski definition) is 2. The summed E-state index contributed by atoms with van der Waals surface area (Å²) in [6.45, 7) is 0. The molecule has 0 radical (unpaired) electrons. The number of rotatable bonds is 5. The van der Waals surface area contributed by atoms with Crippen LogP contribution in [0.5, 0.6) is 5.75 Å². The summed E-state index contributed by atoms with van der Waals surface area (Å²) in [5, 5.41) is 18.2. The van der Waals surface area contributed by atoms with Crippen molar-refractivity contribution >= 4 is 17.5 Å². The number of ketones is 2. The van der Waals surface area contributed by atoms with Gasteiger partial charge in [0.05, 0.1) is 0 Å². The van der Waals surface area contributed by atoms with Gasteiger partial charge in [0.2, 0.25) is 0 Å². The molecule has 0 saturated carbocycles. The third-order valence-electron chi connectivity index (χ3n) is 4.60. The van der Waals surface area contributed by atoms with Crippen LogP contribution in [0.2, 0.25) is 0 Å². The molecule has 158 valence electrons. The van der Waals surface area contributed by atoms with Crippen LogP contribution in [-0.4, -0.2) is 27.7 Å². The van der Waals surface area contributed by atoms with Gasteiger partial charge in [0.1, 0.15) is 11.3 Å². The lowest BCUT2D eigenvalue weighted by atomic mass is 10.0. The Bertz CT molecular complexity index is 1180. The van der Waals surface area contributed by atoms with Gasteiger partial charge >= 0.3 is 5.97 Å². The van der Waals surface area contributed by atoms with Crippen molar-refractivity contribution in [2.75, 3.05) is 0 Å². The molecule has 32 heavy (non-hydrogen) atoms. The van der Waals surface area contributed by atoms with Crippen molar-refractivity contribution in [3.05, 3.63) is 137 Å². The molecule has 4 aromatic rings. The van der Waals surface area contributed by atoms with Crippen molar-refractivity contribution in [2.24, 2.45) is 0 Å². The Morgan fingerprint density at radius 1 is 0.500 bits per heavy atom. The molecule has 0 spiro atoms. The molecule has 5 nitrogen and oxygen atoms in total. The number of benzene rings is 4. The Hall–Kier alpha value is -4.51. The first-order valence-electron chi connectivity index (χ1n) is 9.78. The van der Waals surface area contributed by atoms with E-state index in [1.54, 1.807) is 30.3 Å². The number of carbonyl (C=O) groups excluding carboxylic acids is 2. The highest BCUT2D eigenvalue weighted by atomic mass is 16.4. The van der Waals surface area contributed by atoms with Crippen molar-refractivity contribution in [1.29, 1.82) is 0 Å². The van der Waals surface area contributed by atoms with Crippen LogP contribution < -0.4 is 0 Å². The zero-order chi connectivity index (χ0) is 22.9. The number of carboxylic acid groups (broad SMARTS) is 1. The van der Waals surface area contributed by atoms with Crippen molar-refractivity contribution in [3.8, 4) is 5.75 Å². The van der Waals surface area contributed by atoms with E-state index in [1.165, 1.54) is 18.2 Å². The summed E-state index contributed by atoms with van der Waals surface area (Å²) in [5.74, 6) is -1.83. The molecule has 0 aliphatic rings. The molecule has 0 aliphatic heterocycles. The van der Waals surface area contributed by atoms with E-state index in [2.05, 4.69) is 0 Å². The Balaban J connectivity index is 0.000000186. The Morgan fingerprint density at radius 3 is 1.25 bits per heavy atom. The van der Waals surface area contributed by atoms with Crippen molar-refractivity contribution < 1.29 is 24.6 Å². The fraction of sp³-hybridized carbons (Fsp3) is 0. The van der Waals surface area contributed by atoms with E-state index in [-0.39, 0.29) is 28.4 Å². The molecule has 5 heteroatoms. The third kappa shape index (κ3) is 5.55. The predicted molar refractivity (Wildman–Crippen MR) is 121 cm³/mol. The van der Waals surface area contributed by atoms with E-state index in [0.29, 0.717) is 5.56 Å². The van der Waals surface area contributed by atoms with Gasteiger partial charge in [-0.3, -0.25) is 9.59 Å². The van der Waals surface area contributed by atoms with Gasteiger partial charge in [0.15, 0.2) is 11.6 Å². The Labute approximate surface area is 185 Å². The number of aromatic hydroxyl groups is 1. The van der Waals surface area contributed by atoms with E-state index >= 15 is 0 Å². The third-order valence-corrected chi connectivity index (χ3v) is 4.60. The van der Waals surface area contributed by atoms with Crippen molar-refractivity contribution in [3.63, 3.8) is 0 Å². The minimum Gasteiger partial charge on any atom is -0.507 e. The minimum atomic E-state index is -1.27. The molecule has 4 aromatic carbocycles. The molecule has 0 aromatic heterocycles. The molecule has 0 aliphatic carbocycles. The molecule has 0 fully saturated rings. The fourth-order valence-electron chi connectivity index (χ4n) is 2.95. The zero-order valence-electron chi connectivity index (χ0n) is 17.0. The highest BCUT2D eigenvalue weighted by molar-refractivity contribution is 6.10. The highest BCUT2D eigenvalue weighted by Gasteiger charge is 2.15. The van der Waals surface area contributed by atoms with Gasteiger partial charge in [-0.1, -0.05) is 91.0 Å². The first kappa shape index (κ1) is 22.2. The van der Waals surface area contributed by atoms with Gasteiger partial charge in [-0.25, -0.2) is 4.79 Å². The maximum atomic E-state index is 12.1. The van der Waals surface area contributed by atoms with Crippen molar-refractivity contribution in [2.45, 2.75) is 0 Å². The summed E-state index contributed by atoms with van der Waals surface area (Å²) in [6.07, 6.45) is 0. The number of phenols is 1. The maximum absolute atomic E-state index is 12.1. The molecule has 4 rings (SSSR count). The molecule has 0 unspecified atom stereocenters. The number of carbonyl (C=O) groups is 3. The van der Waals surface area contributed by atoms with Crippen LogP contribution in [0.1, 0.15) is 42.2 Å². The van der Waals surface area contributed by atoms with Crippen LogP contribution in [0.15, 0.2) is 109 Å². The van der Waals surface area contributed by atoms with Crippen LogP contribution in [-0.2, 0) is 0 Å². The lowest BCUT2D eigenvalue weighted by Crippen LogP contribution is -2.04. The summed E-state index contributed by atoms with van der Waals surface area (Å²) in [6, 6.07) is 30.9. The normalized spacial score (nSPS) is 9.88. The molecule has 0 bridgehead atoms. The van der Waals surface area contributed by atoms with Crippen LogP contribution in [0, 0.1) is 0 Å². The lowest BCUT2D eigenvalue weighted by Gasteiger charge is -2.04. The minimum absolute atomic E-state index is 0.0752. The van der Waals surface area contributed by atoms with Crippen LogP contribution >= 0.6 is 0 Å². The van der Waals surface area contributed by atoms with Crippen LogP contribution in [0.25, 0.3) is 0 Å². The number of hydrogen-bond acceptors (Lipinski definition) is 4. The van der Waals surface area contributed by atoms with Crippen LogP contribution in [0.4, 0.5) is 0 Å². The monoisotopic (exact) mass is 424 g/mol. The topological polar surface area (TPSA) is 91.7 Å². The molecule has 0 atom stereocenters. The quantitative estimate of drug-likeness (QED) is 0.428. The molecule has 0 heterocycles. The van der Waals surface area contributed by atoms with Gasteiger partial charge in [0, 0.05) is 22.3 Å². The molecule has 0 saturated heterocycles. The standard InChI is InChI=1S/C14H10O4.C13H10O/c15-12-7-6-10(8-11(12)14(17)18)13(16)9-4-2-1-3-5-9;14-13(11-7-3-1-4-8-11)12-9-5-2-6-10-12/h1-8,15H,(H,17,18);1-10H. The van der Waals surface area contributed by atoms with Gasteiger partial charge in [-0.2, -0.15) is 0 Å². The largest absolute Gasteiger partial charge is 0.507 e. The maximum Gasteiger partial charge on any atom is 0.339 e. The molecular formula is C27H20O5. The van der Waals surface area contributed by atoms with E-state index in [9.17, 15) is 19.5 Å². The van der Waals surface area contributed by atoms with E-state index < -0.39 is 5.97 Å². The Morgan fingerprint density at radius 2 is 0.875 bits per heavy atom. The first-order valence-corrected chi connectivity index (χ1v) is 9.78. The Kier molecular flexibility index (Phi) is 7.28. The second kappa shape index (κ2) is 10.5. The second-order valence-corrected chi connectivity index (χ2v) is 6.79.